The third kappa shape index (κ3) is 3.10. The zero-order valence-corrected chi connectivity index (χ0v) is 15.7. The topological polar surface area (TPSA) is 93.7 Å². The number of piperidine rings is 2. The van der Waals surface area contributed by atoms with Crippen LogP contribution in [-0.4, -0.2) is 63.9 Å². The fraction of sp³-hybridized carbons (Fsp3) is 0.632. The van der Waals surface area contributed by atoms with Crippen LogP contribution in [0.1, 0.15) is 64.7 Å². The number of likely N-dealkylation sites (tertiary alicyclic amines) is 2. The number of H-pyrrole nitrogens is 1. The van der Waals surface area contributed by atoms with Crippen LogP contribution >= 0.6 is 0 Å². The Morgan fingerprint density at radius 1 is 1.23 bits per heavy atom. The third-order valence-electron chi connectivity index (χ3n) is 5.94. The quantitative estimate of drug-likeness (QED) is 0.863. The second kappa shape index (κ2) is 6.78. The highest BCUT2D eigenvalue weighted by Crippen LogP contribution is 2.39. The smallest absolute Gasteiger partial charge is 0.352 e. The largest absolute Gasteiger partial charge is 0.477 e. The van der Waals surface area contributed by atoms with E-state index in [1.54, 1.807) is 13.8 Å². The summed E-state index contributed by atoms with van der Waals surface area (Å²) >= 11 is 0. The Bertz CT molecular complexity index is 754. The maximum absolute atomic E-state index is 13.2. The molecule has 26 heavy (non-hydrogen) atoms. The van der Waals surface area contributed by atoms with Gasteiger partial charge in [0.15, 0.2) is 0 Å². The average molecular weight is 361 g/mol. The van der Waals surface area contributed by atoms with Gasteiger partial charge in [-0.2, -0.15) is 0 Å². The number of hydrogen-bond donors (Lipinski definition) is 2. The van der Waals surface area contributed by atoms with Crippen LogP contribution in [-0.2, 0) is 4.79 Å². The van der Waals surface area contributed by atoms with Crippen molar-refractivity contribution in [1.29, 1.82) is 0 Å². The lowest BCUT2D eigenvalue weighted by Gasteiger charge is -2.48. The van der Waals surface area contributed by atoms with Crippen molar-refractivity contribution in [2.24, 2.45) is 5.41 Å². The van der Waals surface area contributed by atoms with Crippen LogP contribution in [0, 0.1) is 19.3 Å². The van der Waals surface area contributed by atoms with Crippen LogP contribution in [0.3, 0.4) is 0 Å². The first-order valence-corrected chi connectivity index (χ1v) is 9.27. The number of carbonyl (C=O) groups excluding carboxylic acids is 2. The van der Waals surface area contributed by atoms with Gasteiger partial charge in [-0.3, -0.25) is 9.59 Å². The predicted molar refractivity (Wildman–Crippen MR) is 96.3 cm³/mol. The first-order valence-electron chi connectivity index (χ1n) is 9.27. The molecule has 2 fully saturated rings. The molecule has 2 aliphatic heterocycles. The number of rotatable bonds is 3. The van der Waals surface area contributed by atoms with Crippen molar-refractivity contribution in [3.05, 3.63) is 22.5 Å². The number of carboxylic acid groups (broad SMARTS) is 1. The van der Waals surface area contributed by atoms with Crippen LogP contribution < -0.4 is 0 Å². The third-order valence-corrected chi connectivity index (χ3v) is 5.94. The highest BCUT2D eigenvalue weighted by molar-refractivity contribution is 6.00. The first-order chi connectivity index (χ1) is 12.3. The fourth-order valence-corrected chi connectivity index (χ4v) is 4.55. The molecule has 0 bridgehead atoms. The lowest BCUT2D eigenvalue weighted by atomic mass is 9.73. The van der Waals surface area contributed by atoms with Gasteiger partial charge in [0.2, 0.25) is 5.91 Å². The van der Waals surface area contributed by atoms with Gasteiger partial charge in [-0.15, -0.1) is 0 Å². The Morgan fingerprint density at radius 2 is 1.96 bits per heavy atom. The van der Waals surface area contributed by atoms with E-state index in [9.17, 15) is 19.5 Å². The van der Waals surface area contributed by atoms with Gasteiger partial charge >= 0.3 is 5.97 Å². The predicted octanol–water partition coefficient (Wildman–Crippen LogP) is 2.19. The number of carboxylic acids is 1. The molecule has 142 valence electrons. The number of aromatic nitrogens is 1. The maximum atomic E-state index is 13.2. The summed E-state index contributed by atoms with van der Waals surface area (Å²) in [5.74, 6) is -0.961. The summed E-state index contributed by atoms with van der Waals surface area (Å²) in [5, 5.41) is 9.28. The van der Waals surface area contributed by atoms with Crippen molar-refractivity contribution in [2.75, 3.05) is 26.2 Å². The molecule has 1 atom stereocenters. The number of aromatic amines is 1. The summed E-state index contributed by atoms with van der Waals surface area (Å²) in [6.07, 6.45) is 3.29. The van der Waals surface area contributed by atoms with Crippen LogP contribution in [0.2, 0.25) is 0 Å². The summed E-state index contributed by atoms with van der Waals surface area (Å²) in [6, 6.07) is 0. The standard InChI is InChI=1S/C19H27N3O4/c1-4-21-10-19(8-6-14(21)23)7-5-9-22(11-19)17(24)15-12(2)16(18(25)26)20-13(15)3/h20H,4-11H2,1-3H3,(H,25,26). The van der Waals surface area contributed by atoms with Crippen molar-refractivity contribution >= 4 is 17.8 Å². The molecular weight excluding hydrogens is 334 g/mol. The summed E-state index contributed by atoms with van der Waals surface area (Å²) in [7, 11) is 0. The maximum Gasteiger partial charge on any atom is 0.352 e. The molecule has 1 unspecified atom stereocenters. The van der Waals surface area contributed by atoms with E-state index in [2.05, 4.69) is 4.98 Å². The Morgan fingerprint density at radius 3 is 2.58 bits per heavy atom. The Kier molecular flexibility index (Phi) is 4.82. The van der Waals surface area contributed by atoms with Crippen molar-refractivity contribution in [3.63, 3.8) is 0 Å². The summed E-state index contributed by atoms with van der Waals surface area (Å²) in [4.78, 5) is 43.1. The molecule has 2 N–H and O–H groups in total. The van der Waals surface area contributed by atoms with Crippen LogP contribution in [0.5, 0.6) is 0 Å². The van der Waals surface area contributed by atoms with Gasteiger partial charge in [-0.25, -0.2) is 4.79 Å². The monoisotopic (exact) mass is 361 g/mol. The summed E-state index contributed by atoms with van der Waals surface area (Å²) in [5.41, 5.74) is 1.61. The van der Waals surface area contributed by atoms with Gasteiger partial charge in [-0.1, -0.05) is 0 Å². The number of nitrogens with zero attached hydrogens (tertiary/aromatic N) is 2. The molecule has 0 aromatic carbocycles. The molecule has 0 radical (unpaired) electrons. The Hall–Kier alpha value is -2.31. The van der Waals surface area contributed by atoms with Crippen molar-refractivity contribution in [2.45, 2.75) is 46.5 Å². The minimum absolute atomic E-state index is 0.0361. The van der Waals surface area contributed by atoms with Gasteiger partial charge < -0.3 is 19.9 Å². The van der Waals surface area contributed by atoms with E-state index >= 15 is 0 Å². The van der Waals surface area contributed by atoms with E-state index in [-0.39, 0.29) is 22.9 Å². The van der Waals surface area contributed by atoms with Crippen LogP contribution in [0.4, 0.5) is 0 Å². The van der Waals surface area contributed by atoms with E-state index in [1.807, 2.05) is 16.7 Å². The second-order valence-electron chi connectivity index (χ2n) is 7.67. The lowest BCUT2D eigenvalue weighted by molar-refractivity contribution is -0.138. The summed E-state index contributed by atoms with van der Waals surface area (Å²) < 4.78 is 0. The molecule has 2 aliphatic rings. The number of hydrogen-bond acceptors (Lipinski definition) is 3. The van der Waals surface area contributed by atoms with E-state index < -0.39 is 5.97 Å². The zero-order chi connectivity index (χ0) is 19.1. The number of amides is 2. The highest BCUT2D eigenvalue weighted by Gasteiger charge is 2.43. The Labute approximate surface area is 153 Å². The molecule has 1 aromatic rings. The molecule has 2 saturated heterocycles. The Balaban J connectivity index is 1.83. The lowest BCUT2D eigenvalue weighted by Crippen LogP contribution is -2.55. The van der Waals surface area contributed by atoms with Crippen molar-refractivity contribution in [3.8, 4) is 0 Å². The van der Waals surface area contributed by atoms with E-state index in [0.29, 0.717) is 49.4 Å². The van der Waals surface area contributed by atoms with Gasteiger partial charge in [-0.05, 0) is 45.6 Å². The molecule has 0 aliphatic carbocycles. The van der Waals surface area contributed by atoms with Gasteiger partial charge in [0.05, 0.1) is 5.56 Å². The molecule has 2 amide bonds. The minimum Gasteiger partial charge on any atom is -0.477 e. The zero-order valence-electron chi connectivity index (χ0n) is 15.7. The number of aromatic carboxylic acids is 1. The molecule has 3 heterocycles. The van der Waals surface area contributed by atoms with Crippen LogP contribution in [0.15, 0.2) is 0 Å². The molecule has 1 aromatic heterocycles. The number of nitrogens with one attached hydrogen (secondary N) is 1. The van der Waals surface area contributed by atoms with Gasteiger partial charge in [0, 0.05) is 43.7 Å². The average Bonchev–Trinajstić information content (AvgIpc) is 2.91. The second-order valence-corrected chi connectivity index (χ2v) is 7.67. The summed E-state index contributed by atoms with van der Waals surface area (Å²) in [6.45, 7) is 8.12. The molecule has 3 rings (SSSR count). The minimum atomic E-state index is -1.05. The molecule has 7 heteroatoms. The highest BCUT2D eigenvalue weighted by atomic mass is 16.4. The van der Waals surface area contributed by atoms with Gasteiger partial charge in [0.1, 0.15) is 5.69 Å². The SMILES string of the molecule is CCN1CC2(CCCN(C(=O)c3c(C)[nH]c(C(=O)O)c3C)C2)CCC1=O. The first kappa shape index (κ1) is 18.5. The van der Waals surface area contributed by atoms with Crippen molar-refractivity contribution < 1.29 is 19.5 Å². The van der Waals surface area contributed by atoms with E-state index in [1.165, 1.54) is 0 Å². The van der Waals surface area contributed by atoms with E-state index in [0.717, 1.165) is 19.3 Å². The fourth-order valence-electron chi connectivity index (χ4n) is 4.55. The van der Waals surface area contributed by atoms with Gasteiger partial charge in [0.25, 0.3) is 5.91 Å². The normalized spacial score (nSPS) is 23.6. The van der Waals surface area contributed by atoms with Crippen LogP contribution in [0.25, 0.3) is 0 Å². The van der Waals surface area contributed by atoms with E-state index in [4.69, 9.17) is 0 Å². The molecule has 0 saturated carbocycles. The number of carbonyl (C=O) groups is 3. The van der Waals surface area contributed by atoms with Crippen molar-refractivity contribution in [1.82, 2.24) is 14.8 Å². The molecular formula is C19H27N3O4. The molecule has 1 spiro atoms. The number of aryl methyl sites for hydroxylation is 1. The molecule has 7 nitrogen and oxygen atoms in total.